The number of ether oxygens (including phenoxy) is 3. The second kappa shape index (κ2) is 10.9. The van der Waals surface area contributed by atoms with Gasteiger partial charge < -0.3 is 23.7 Å². The second-order valence-corrected chi connectivity index (χ2v) is 18.7. The van der Waals surface area contributed by atoms with Crippen molar-refractivity contribution in [3.05, 3.63) is 12.7 Å². The predicted molar refractivity (Wildman–Crippen MR) is 153 cm³/mol. The van der Waals surface area contributed by atoms with E-state index < -0.39 is 62.4 Å². The number of hydrogen-bond donors (Lipinski definition) is 1. The molecule has 0 saturated carbocycles. The van der Waals surface area contributed by atoms with E-state index in [0.29, 0.717) is 4.90 Å². The largest absolute Gasteiger partial charge is 0.443 e. The summed E-state index contributed by atoms with van der Waals surface area (Å²) in [7, 11) is -2.46. The third-order valence-corrected chi connectivity index (χ3v) is 11.5. The molecule has 14 heteroatoms. The minimum Gasteiger partial charge on any atom is -0.443 e. The van der Waals surface area contributed by atoms with Crippen LogP contribution in [0.3, 0.4) is 0 Å². The molecule has 1 saturated heterocycles. The first-order valence-electron chi connectivity index (χ1n) is 13.6. The Morgan fingerprint density at radius 2 is 1.59 bits per heavy atom. The molecule has 0 bridgehead atoms. The molecule has 0 aromatic carbocycles. The molecule has 2 aromatic rings. The summed E-state index contributed by atoms with van der Waals surface area (Å²) in [4.78, 5) is 39.8. The smallest absolute Gasteiger partial charge is 0.425 e. The van der Waals surface area contributed by atoms with Gasteiger partial charge in [0.15, 0.2) is 37.2 Å². The van der Waals surface area contributed by atoms with E-state index >= 15 is 4.39 Å². The SMILES string of the molecule is CC(C)(C)OC(=O)N(C(=O)OC(C)(C)C)c1ncnc2c1ncn2[C@@H]1O[C@H](CO)[C@@H](O[Si](C)(C)C(C)(C)C)[C@@]1(C)F. The first kappa shape index (κ1) is 32.8. The zero-order chi connectivity index (χ0) is 31.3. The van der Waals surface area contributed by atoms with Gasteiger partial charge in [-0.15, -0.1) is 0 Å². The lowest BCUT2D eigenvalue weighted by Gasteiger charge is -2.41. The van der Waals surface area contributed by atoms with Crippen molar-refractivity contribution in [1.29, 1.82) is 0 Å². The van der Waals surface area contributed by atoms with Crippen LogP contribution in [0.2, 0.25) is 18.1 Å². The monoisotopic (exact) mass is 597 g/mol. The molecule has 1 aliphatic heterocycles. The van der Waals surface area contributed by atoms with Gasteiger partial charge in [-0.05, 0) is 66.6 Å². The lowest BCUT2D eigenvalue weighted by Crippen LogP contribution is -2.52. The molecule has 3 heterocycles. The number of halogens is 1. The number of alkyl halides is 1. The number of carbonyl (C=O) groups is 2. The number of hydrogen-bond acceptors (Lipinski definition) is 10. The number of aliphatic hydroxyl groups is 1. The van der Waals surface area contributed by atoms with Gasteiger partial charge in [-0.1, -0.05) is 20.8 Å². The van der Waals surface area contributed by atoms with Gasteiger partial charge in [0.05, 0.1) is 12.9 Å². The van der Waals surface area contributed by atoms with Crippen LogP contribution in [-0.2, 0) is 18.6 Å². The van der Waals surface area contributed by atoms with Crippen LogP contribution in [0.4, 0.5) is 19.8 Å². The first-order chi connectivity index (χ1) is 18.5. The Bertz CT molecular complexity index is 1250. The number of aromatic nitrogens is 4. The summed E-state index contributed by atoms with van der Waals surface area (Å²) in [5.41, 5.74) is -3.88. The van der Waals surface area contributed by atoms with E-state index in [0.717, 1.165) is 6.33 Å². The Morgan fingerprint density at radius 1 is 1.05 bits per heavy atom. The fourth-order valence-electron chi connectivity index (χ4n) is 4.07. The molecule has 41 heavy (non-hydrogen) atoms. The number of rotatable bonds is 5. The number of fused-ring (bicyclic) bond motifs is 1. The molecule has 230 valence electrons. The van der Waals surface area contributed by atoms with Crippen molar-refractivity contribution < 1.29 is 37.7 Å². The van der Waals surface area contributed by atoms with Crippen LogP contribution < -0.4 is 4.90 Å². The summed E-state index contributed by atoms with van der Waals surface area (Å²) in [6.07, 6.45) is -2.97. The summed E-state index contributed by atoms with van der Waals surface area (Å²) in [6, 6.07) is 0. The molecular weight excluding hydrogens is 553 g/mol. The maximum Gasteiger partial charge on any atom is 0.425 e. The van der Waals surface area contributed by atoms with Crippen molar-refractivity contribution in [2.24, 2.45) is 0 Å². The second-order valence-electron chi connectivity index (χ2n) is 14.0. The van der Waals surface area contributed by atoms with E-state index in [1.165, 1.54) is 17.8 Å². The van der Waals surface area contributed by atoms with Crippen molar-refractivity contribution in [3.8, 4) is 0 Å². The highest BCUT2D eigenvalue weighted by molar-refractivity contribution is 6.74. The topological polar surface area (TPSA) is 138 Å². The Labute approximate surface area is 241 Å². The minimum absolute atomic E-state index is 0.0120. The van der Waals surface area contributed by atoms with E-state index in [4.69, 9.17) is 18.6 Å². The molecule has 0 spiro atoms. The highest BCUT2D eigenvalue weighted by Crippen LogP contribution is 2.48. The van der Waals surface area contributed by atoms with Gasteiger partial charge in [-0.2, -0.15) is 4.90 Å². The standard InChI is InChI=1S/C27H44FN5O7Si/c1-24(2,3)38-22(35)33(23(36)39-25(4,5)6)20-17-19(29-14-30-20)32(15-31-17)21-27(10,28)18(16(13-34)37-21)40-41(11,12)26(7,8)9/h14-16,18,21,34H,13H2,1-12H3/t16-,18-,21-,27-/m1/s1. The summed E-state index contributed by atoms with van der Waals surface area (Å²) in [6.45, 7) is 20.9. The van der Waals surface area contributed by atoms with Crippen LogP contribution in [0.25, 0.3) is 11.2 Å². The molecular formula is C27H44FN5O7Si. The Hall–Kier alpha value is -2.68. The van der Waals surface area contributed by atoms with Gasteiger partial charge in [0.25, 0.3) is 0 Å². The summed E-state index contributed by atoms with van der Waals surface area (Å²) in [5.74, 6) is -0.205. The highest BCUT2D eigenvalue weighted by atomic mass is 28.4. The molecule has 0 aliphatic carbocycles. The van der Waals surface area contributed by atoms with Gasteiger partial charge >= 0.3 is 12.2 Å². The van der Waals surface area contributed by atoms with Gasteiger partial charge in [0.2, 0.25) is 0 Å². The average molecular weight is 598 g/mol. The number of carbonyl (C=O) groups excluding carboxylic acids is 2. The van der Waals surface area contributed by atoms with Crippen molar-refractivity contribution in [2.75, 3.05) is 11.5 Å². The van der Waals surface area contributed by atoms with Crippen LogP contribution in [0, 0.1) is 0 Å². The maximum atomic E-state index is 16.7. The third-order valence-electron chi connectivity index (χ3n) is 7.04. The lowest BCUT2D eigenvalue weighted by atomic mass is 9.98. The quantitative estimate of drug-likeness (QED) is 0.439. The van der Waals surface area contributed by atoms with E-state index in [2.05, 4.69) is 15.0 Å². The van der Waals surface area contributed by atoms with Crippen LogP contribution in [-0.4, -0.2) is 80.8 Å². The zero-order valence-corrected chi connectivity index (χ0v) is 27.1. The Morgan fingerprint density at radius 3 is 2.05 bits per heavy atom. The van der Waals surface area contributed by atoms with Crippen LogP contribution >= 0.6 is 0 Å². The average Bonchev–Trinajstić information content (AvgIpc) is 3.29. The molecule has 0 radical (unpaired) electrons. The van der Waals surface area contributed by atoms with Crippen LogP contribution in [0.5, 0.6) is 0 Å². The highest BCUT2D eigenvalue weighted by Gasteiger charge is 2.59. The molecule has 1 N–H and O–H groups in total. The van der Waals surface area contributed by atoms with Crippen LogP contribution in [0.1, 0.15) is 75.5 Å². The number of anilines is 1. The maximum absolute atomic E-state index is 16.7. The van der Waals surface area contributed by atoms with E-state index in [-0.39, 0.29) is 22.0 Å². The van der Waals surface area contributed by atoms with Gasteiger partial charge in [-0.3, -0.25) is 4.57 Å². The molecule has 12 nitrogen and oxygen atoms in total. The van der Waals surface area contributed by atoms with Crippen molar-refractivity contribution >= 4 is 37.5 Å². The normalized spacial score (nSPS) is 24.0. The van der Waals surface area contributed by atoms with Gasteiger partial charge in [-0.25, -0.2) is 28.9 Å². The lowest BCUT2D eigenvalue weighted by molar-refractivity contribution is -0.0566. The summed E-state index contributed by atoms with van der Waals surface area (Å²) in [5, 5.41) is 9.89. The number of imide groups is 1. The van der Waals surface area contributed by atoms with Crippen LogP contribution in [0.15, 0.2) is 12.7 Å². The Balaban J connectivity index is 2.10. The third kappa shape index (κ3) is 6.87. The number of nitrogens with zero attached hydrogens (tertiary/aromatic N) is 5. The van der Waals surface area contributed by atoms with E-state index in [9.17, 15) is 14.7 Å². The first-order valence-corrected chi connectivity index (χ1v) is 16.5. The van der Waals surface area contributed by atoms with Crippen molar-refractivity contribution in [3.63, 3.8) is 0 Å². The predicted octanol–water partition coefficient (Wildman–Crippen LogP) is 5.51. The van der Waals surface area contributed by atoms with Gasteiger partial charge in [0, 0.05) is 0 Å². The van der Waals surface area contributed by atoms with Gasteiger partial charge in [0.1, 0.15) is 29.7 Å². The molecule has 2 amide bonds. The molecule has 1 aliphatic rings. The molecule has 2 aromatic heterocycles. The summed E-state index contributed by atoms with van der Waals surface area (Å²) < 4.78 is 41.4. The molecule has 1 fully saturated rings. The zero-order valence-electron chi connectivity index (χ0n) is 26.1. The number of imidazole rings is 1. The van der Waals surface area contributed by atoms with E-state index in [1.807, 2.05) is 33.9 Å². The fraction of sp³-hybridized carbons (Fsp3) is 0.741. The summed E-state index contributed by atoms with van der Waals surface area (Å²) >= 11 is 0. The number of aliphatic hydroxyl groups excluding tert-OH is 1. The molecule has 0 unspecified atom stereocenters. The minimum atomic E-state index is -2.46. The van der Waals surface area contributed by atoms with Crippen molar-refractivity contribution in [1.82, 2.24) is 19.5 Å². The fourth-order valence-corrected chi connectivity index (χ4v) is 5.44. The number of amides is 2. The molecule has 4 atom stereocenters. The Kier molecular flexibility index (Phi) is 8.70. The van der Waals surface area contributed by atoms with E-state index in [1.54, 1.807) is 41.5 Å². The van der Waals surface area contributed by atoms with Crippen molar-refractivity contribution in [2.45, 2.75) is 123 Å². The molecule has 3 rings (SSSR count).